The molecule has 1 aromatic carbocycles. The summed E-state index contributed by atoms with van der Waals surface area (Å²) in [7, 11) is 0. The first-order valence-electron chi connectivity index (χ1n) is 6.48. The molecule has 0 fully saturated rings. The van der Waals surface area contributed by atoms with Crippen molar-refractivity contribution in [1.29, 1.82) is 0 Å². The van der Waals surface area contributed by atoms with Crippen LogP contribution in [0.4, 0.5) is 0 Å². The summed E-state index contributed by atoms with van der Waals surface area (Å²) >= 11 is 3.54. The molecule has 0 atom stereocenters. The van der Waals surface area contributed by atoms with E-state index in [1.54, 1.807) is 6.92 Å². The molecule has 0 bridgehead atoms. The fourth-order valence-electron chi connectivity index (χ4n) is 1.63. The largest absolute Gasteiger partial charge is 0.484 e. The number of halogens is 1. The number of benzene rings is 1. The number of nitrogens with zero attached hydrogens (tertiary/aromatic N) is 2. The summed E-state index contributed by atoms with van der Waals surface area (Å²) in [6.07, 6.45) is 0. The highest BCUT2D eigenvalue weighted by Gasteiger charge is 2.06. The first kappa shape index (κ1) is 15.0. The topological polar surface area (TPSA) is 60.2 Å². The molecular formula is C14H18BrN3O2. The molecule has 2 aromatic rings. The number of rotatable bonds is 6. The predicted molar refractivity (Wildman–Crippen MR) is 79.5 cm³/mol. The molecule has 1 N–H and O–H groups in total. The lowest BCUT2D eigenvalue weighted by molar-refractivity contribution is 0.242. The average molecular weight is 340 g/mol. The van der Waals surface area contributed by atoms with Crippen molar-refractivity contribution < 1.29 is 9.26 Å². The summed E-state index contributed by atoms with van der Waals surface area (Å²) < 4.78 is 11.7. The van der Waals surface area contributed by atoms with Crippen LogP contribution in [0.5, 0.6) is 5.75 Å². The minimum absolute atomic E-state index is 0.277. The minimum Gasteiger partial charge on any atom is -0.484 e. The van der Waals surface area contributed by atoms with Crippen molar-refractivity contribution in [3.05, 3.63) is 40.0 Å². The van der Waals surface area contributed by atoms with Gasteiger partial charge in [0.25, 0.3) is 5.89 Å². The monoisotopic (exact) mass is 339 g/mol. The van der Waals surface area contributed by atoms with Crippen molar-refractivity contribution in [2.75, 3.05) is 0 Å². The van der Waals surface area contributed by atoms with E-state index in [1.807, 2.05) is 18.2 Å². The number of aromatic nitrogens is 2. The Balaban J connectivity index is 1.99. The standard InChI is InChI=1S/C14H18BrN3O2/c1-9(2)16-7-11-6-12(4-5-13(11)15)19-8-14-17-10(3)18-20-14/h4-6,9,16H,7-8H2,1-3H3. The van der Waals surface area contributed by atoms with E-state index >= 15 is 0 Å². The third-order valence-electron chi connectivity index (χ3n) is 2.65. The second-order valence-corrected chi connectivity index (χ2v) is 5.67. The summed E-state index contributed by atoms with van der Waals surface area (Å²) in [5, 5.41) is 7.11. The van der Waals surface area contributed by atoms with Crippen LogP contribution in [0.1, 0.15) is 31.1 Å². The molecule has 0 amide bonds. The van der Waals surface area contributed by atoms with Gasteiger partial charge in [0.05, 0.1) is 0 Å². The maximum absolute atomic E-state index is 5.66. The lowest BCUT2D eigenvalue weighted by atomic mass is 10.2. The minimum atomic E-state index is 0.277. The van der Waals surface area contributed by atoms with Crippen molar-refractivity contribution in [3.8, 4) is 5.75 Å². The normalized spacial score (nSPS) is 11.1. The molecule has 20 heavy (non-hydrogen) atoms. The van der Waals surface area contributed by atoms with Crippen LogP contribution in [-0.2, 0) is 13.2 Å². The first-order valence-corrected chi connectivity index (χ1v) is 7.27. The number of aryl methyl sites for hydroxylation is 1. The summed E-state index contributed by atoms with van der Waals surface area (Å²) in [6.45, 7) is 7.08. The van der Waals surface area contributed by atoms with Crippen LogP contribution in [0.2, 0.25) is 0 Å². The maximum atomic E-state index is 5.66. The van der Waals surface area contributed by atoms with Gasteiger partial charge in [0, 0.05) is 17.1 Å². The molecule has 0 aliphatic heterocycles. The zero-order valence-electron chi connectivity index (χ0n) is 11.8. The Morgan fingerprint density at radius 3 is 2.85 bits per heavy atom. The Kier molecular flexibility index (Phi) is 5.14. The van der Waals surface area contributed by atoms with Crippen molar-refractivity contribution in [1.82, 2.24) is 15.5 Å². The van der Waals surface area contributed by atoms with Crippen molar-refractivity contribution in [2.24, 2.45) is 0 Å². The van der Waals surface area contributed by atoms with E-state index in [1.165, 1.54) is 0 Å². The van der Waals surface area contributed by atoms with Gasteiger partial charge in [-0.25, -0.2) is 0 Å². The Bertz CT molecular complexity index is 569. The number of hydrogen-bond donors (Lipinski definition) is 1. The third-order valence-corrected chi connectivity index (χ3v) is 3.42. The Morgan fingerprint density at radius 2 is 2.20 bits per heavy atom. The fraction of sp³-hybridized carbons (Fsp3) is 0.429. The second-order valence-electron chi connectivity index (χ2n) is 4.81. The molecule has 0 unspecified atom stereocenters. The van der Waals surface area contributed by atoms with Gasteiger partial charge in [-0.2, -0.15) is 4.98 Å². The Labute approximate surface area is 126 Å². The molecular weight excluding hydrogens is 322 g/mol. The average Bonchev–Trinajstić information content (AvgIpc) is 2.82. The molecule has 0 saturated heterocycles. The summed E-state index contributed by atoms with van der Waals surface area (Å²) in [5.74, 6) is 1.87. The second kappa shape index (κ2) is 6.85. The van der Waals surface area contributed by atoms with Crippen LogP contribution in [-0.4, -0.2) is 16.2 Å². The van der Waals surface area contributed by atoms with Crippen LogP contribution in [0.3, 0.4) is 0 Å². The molecule has 0 spiro atoms. The van der Waals surface area contributed by atoms with E-state index in [2.05, 4.69) is 45.2 Å². The van der Waals surface area contributed by atoms with E-state index in [-0.39, 0.29) is 6.61 Å². The molecule has 0 radical (unpaired) electrons. The number of nitrogens with one attached hydrogen (secondary N) is 1. The molecule has 0 aliphatic carbocycles. The number of hydrogen-bond acceptors (Lipinski definition) is 5. The van der Waals surface area contributed by atoms with E-state index in [9.17, 15) is 0 Å². The highest BCUT2D eigenvalue weighted by Crippen LogP contribution is 2.23. The van der Waals surface area contributed by atoms with E-state index in [0.29, 0.717) is 17.8 Å². The fourth-order valence-corrected chi connectivity index (χ4v) is 2.02. The van der Waals surface area contributed by atoms with Crippen molar-refractivity contribution in [2.45, 2.75) is 40.0 Å². The van der Waals surface area contributed by atoms with Gasteiger partial charge in [-0.05, 0) is 30.7 Å². The maximum Gasteiger partial charge on any atom is 0.264 e. The Morgan fingerprint density at radius 1 is 1.40 bits per heavy atom. The van der Waals surface area contributed by atoms with Gasteiger partial charge in [-0.3, -0.25) is 0 Å². The van der Waals surface area contributed by atoms with Gasteiger partial charge in [0.2, 0.25) is 0 Å². The lowest BCUT2D eigenvalue weighted by Gasteiger charge is -2.11. The van der Waals surface area contributed by atoms with E-state index in [0.717, 1.165) is 22.3 Å². The lowest BCUT2D eigenvalue weighted by Crippen LogP contribution is -2.22. The van der Waals surface area contributed by atoms with Crippen LogP contribution in [0.15, 0.2) is 27.2 Å². The molecule has 1 heterocycles. The summed E-state index contributed by atoms with van der Waals surface area (Å²) in [6, 6.07) is 6.33. The molecule has 0 aliphatic rings. The number of ether oxygens (including phenoxy) is 1. The third kappa shape index (κ3) is 4.31. The van der Waals surface area contributed by atoms with Crippen LogP contribution in [0.25, 0.3) is 0 Å². The zero-order valence-corrected chi connectivity index (χ0v) is 13.4. The van der Waals surface area contributed by atoms with Gasteiger partial charge >= 0.3 is 0 Å². The quantitative estimate of drug-likeness (QED) is 0.875. The molecule has 0 saturated carbocycles. The molecule has 1 aromatic heterocycles. The Hall–Kier alpha value is -1.40. The van der Waals surface area contributed by atoms with E-state index < -0.39 is 0 Å². The predicted octanol–water partition coefficient (Wildman–Crippen LogP) is 3.22. The van der Waals surface area contributed by atoms with Crippen LogP contribution >= 0.6 is 15.9 Å². The zero-order chi connectivity index (χ0) is 14.5. The van der Waals surface area contributed by atoms with Gasteiger partial charge in [0.15, 0.2) is 12.4 Å². The molecule has 108 valence electrons. The van der Waals surface area contributed by atoms with Crippen molar-refractivity contribution in [3.63, 3.8) is 0 Å². The van der Waals surface area contributed by atoms with E-state index in [4.69, 9.17) is 9.26 Å². The smallest absolute Gasteiger partial charge is 0.264 e. The van der Waals surface area contributed by atoms with Crippen LogP contribution < -0.4 is 10.1 Å². The van der Waals surface area contributed by atoms with Gasteiger partial charge in [-0.1, -0.05) is 34.9 Å². The van der Waals surface area contributed by atoms with Gasteiger partial charge < -0.3 is 14.6 Å². The molecule has 6 heteroatoms. The molecule has 5 nitrogen and oxygen atoms in total. The van der Waals surface area contributed by atoms with Gasteiger partial charge in [0.1, 0.15) is 5.75 Å². The summed E-state index contributed by atoms with van der Waals surface area (Å²) in [4.78, 5) is 4.10. The highest BCUT2D eigenvalue weighted by atomic mass is 79.9. The SMILES string of the molecule is Cc1noc(COc2ccc(Br)c(CNC(C)C)c2)n1. The van der Waals surface area contributed by atoms with Gasteiger partial charge in [-0.15, -0.1) is 0 Å². The summed E-state index contributed by atoms with van der Waals surface area (Å²) in [5.41, 5.74) is 1.15. The highest BCUT2D eigenvalue weighted by molar-refractivity contribution is 9.10. The first-order chi connectivity index (χ1) is 9.54. The van der Waals surface area contributed by atoms with Crippen molar-refractivity contribution >= 4 is 15.9 Å². The van der Waals surface area contributed by atoms with Crippen LogP contribution in [0, 0.1) is 6.92 Å². The molecule has 2 rings (SSSR count).